The predicted molar refractivity (Wildman–Crippen MR) is 436 cm³/mol. The summed E-state index contributed by atoms with van der Waals surface area (Å²) < 4.78 is 39.1. The Labute approximate surface area is 619 Å². The van der Waals surface area contributed by atoms with Gasteiger partial charge in [-0.05, 0) is 166 Å². The number of rotatable bonds is 38. The van der Waals surface area contributed by atoms with Crippen LogP contribution < -0.4 is 28.4 Å². The van der Waals surface area contributed by atoms with Gasteiger partial charge in [-0.2, -0.15) is 0 Å². The molecule has 10 aromatic rings. The zero-order valence-corrected chi connectivity index (χ0v) is 63.4. The van der Waals surface area contributed by atoms with Crippen LogP contribution >= 0.6 is 45.3 Å². The van der Waals surface area contributed by atoms with E-state index in [0.29, 0.717) is 13.2 Å². The lowest BCUT2D eigenvalue weighted by molar-refractivity contribution is 0.252. The molecule has 6 aromatic carbocycles. The first-order valence-electron chi connectivity index (χ1n) is 37.9. The van der Waals surface area contributed by atoms with E-state index in [2.05, 4.69) is 220 Å². The maximum Gasteiger partial charge on any atom is 0.139 e. The molecular weight excluding hydrogens is 1320 g/mol. The number of hydrogen-bond donors (Lipinski definition) is 0. The molecule has 0 N–H and O–H groups in total. The standard InChI is InChI=1S/C91H102O6S4/c1-5-9-13-17-21-25-56-94-82-54-62-98-88(82)90-84(96-58-27-23-19-15-11-7-3)66-76(100-90)48-42-70-34-30-68(31-35-70)38-40-72-44-50-78-74(64-72)46-52-80-86(78)87-79-51-45-73(65-75(79)47-53-81(87)93-61-29-60-92-80)41-39-69-32-36-71(37-33-69)43-49-77-67-85(97-59-28-24-20-16-12-8-4)91(101-77)89-83(55-63-99-89)95-57-26-22-18-14-10-6-2/h30-37,42-55,62-67H,5-29,56-61H2,1-4H3/b48-42+,49-43+. The summed E-state index contributed by atoms with van der Waals surface area (Å²) in [6, 6.07) is 47.2. The van der Waals surface area contributed by atoms with E-state index < -0.39 is 0 Å². The second-order valence-electron chi connectivity index (χ2n) is 26.6. The minimum absolute atomic E-state index is 0.562. The molecule has 0 saturated heterocycles. The number of unbranched alkanes of at least 4 members (excludes halogenated alkanes) is 20. The van der Waals surface area contributed by atoms with Crippen LogP contribution in [0.15, 0.2) is 144 Å². The van der Waals surface area contributed by atoms with Crippen molar-refractivity contribution in [2.45, 2.75) is 188 Å². The summed E-state index contributed by atoms with van der Waals surface area (Å²) in [4.78, 5) is 6.93. The lowest BCUT2D eigenvalue weighted by atomic mass is 9.91. The molecule has 0 unspecified atom stereocenters. The van der Waals surface area contributed by atoms with E-state index in [-0.39, 0.29) is 0 Å². The van der Waals surface area contributed by atoms with Gasteiger partial charge in [-0.25, -0.2) is 0 Å². The quantitative estimate of drug-likeness (QED) is 0.0284. The second-order valence-corrected chi connectivity index (χ2v) is 30.6. The molecule has 0 atom stereocenters. The second kappa shape index (κ2) is 40.6. The third kappa shape index (κ3) is 22.0. The van der Waals surface area contributed by atoms with Crippen molar-refractivity contribution in [2.75, 3.05) is 39.6 Å². The summed E-state index contributed by atoms with van der Waals surface area (Å²) in [5, 5.41) is 8.63. The number of benzene rings is 6. The Morgan fingerprint density at radius 2 is 0.683 bits per heavy atom. The average Bonchev–Trinajstić information content (AvgIpc) is 1.25. The number of hydrogen-bond acceptors (Lipinski definition) is 10. The molecule has 0 radical (unpaired) electrons. The van der Waals surface area contributed by atoms with Crippen LogP contribution in [0.4, 0.5) is 0 Å². The molecule has 0 bridgehead atoms. The third-order valence-electron chi connectivity index (χ3n) is 18.5. The van der Waals surface area contributed by atoms with Gasteiger partial charge >= 0.3 is 0 Å². The van der Waals surface area contributed by atoms with Crippen molar-refractivity contribution in [1.82, 2.24) is 0 Å². The lowest BCUT2D eigenvalue weighted by Gasteiger charge is -2.18. The van der Waals surface area contributed by atoms with Crippen LogP contribution in [0, 0.1) is 23.7 Å². The van der Waals surface area contributed by atoms with Crippen molar-refractivity contribution in [3.8, 4) is 88.8 Å². The van der Waals surface area contributed by atoms with Crippen molar-refractivity contribution in [3.05, 3.63) is 187 Å². The summed E-state index contributed by atoms with van der Waals surface area (Å²) >= 11 is 7.03. The van der Waals surface area contributed by atoms with Crippen LogP contribution in [-0.2, 0) is 0 Å². The molecule has 4 aromatic heterocycles. The zero-order chi connectivity index (χ0) is 69.5. The molecule has 10 heteroatoms. The summed E-state index contributed by atoms with van der Waals surface area (Å²) in [6.07, 6.45) is 39.3. The van der Waals surface area contributed by atoms with Gasteiger partial charge in [0, 0.05) is 49.6 Å². The van der Waals surface area contributed by atoms with Gasteiger partial charge in [0.1, 0.15) is 34.5 Å². The Morgan fingerprint density at radius 1 is 0.337 bits per heavy atom. The molecule has 101 heavy (non-hydrogen) atoms. The zero-order valence-electron chi connectivity index (χ0n) is 60.2. The Balaban J connectivity index is 0.755. The molecule has 1 aliphatic rings. The summed E-state index contributed by atoms with van der Waals surface area (Å²) in [6.45, 7) is 13.1. The van der Waals surface area contributed by atoms with Gasteiger partial charge in [0.2, 0.25) is 0 Å². The summed E-state index contributed by atoms with van der Waals surface area (Å²) in [7, 11) is 0. The highest BCUT2D eigenvalue weighted by molar-refractivity contribution is 7.23. The van der Waals surface area contributed by atoms with E-state index in [4.69, 9.17) is 28.4 Å². The molecule has 6 nitrogen and oxygen atoms in total. The van der Waals surface area contributed by atoms with Crippen LogP contribution in [0.2, 0.25) is 0 Å². The fourth-order valence-electron chi connectivity index (χ4n) is 12.8. The molecular formula is C91H102O6S4. The molecule has 5 heterocycles. The monoisotopic (exact) mass is 1420 g/mol. The van der Waals surface area contributed by atoms with Crippen molar-refractivity contribution in [1.29, 1.82) is 0 Å². The minimum Gasteiger partial charge on any atom is -0.493 e. The Bertz CT molecular complexity index is 4100. The highest BCUT2D eigenvalue weighted by atomic mass is 32.1. The Kier molecular flexibility index (Phi) is 29.9. The van der Waals surface area contributed by atoms with Gasteiger partial charge in [-0.1, -0.05) is 240 Å². The Hall–Kier alpha value is -7.96. The maximum atomic E-state index is 6.57. The van der Waals surface area contributed by atoms with E-state index in [1.165, 1.54) is 128 Å². The first-order chi connectivity index (χ1) is 49.9. The van der Waals surface area contributed by atoms with Gasteiger partial charge in [0.05, 0.1) is 59.1 Å². The van der Waals surface area contributed by atoms with Crippen LogP contribution in [0.1, 0.15) is 231 Å². The molecule has 1 aliphatic heterocycles. The lowest BCUT2D eigenvalue weighted by Crippen LogP contribution is -2.03. The van der Waals surface area contributed by atoms with E-state index in [1.807, 2.05) is 0 Å². The molecule has 0 saturated carbocycles. The molecule has 0 aliphatic carbocycles. The van der Waals surface area contributed by atoms with Crippen molar-refractivity contribution >= 4 is 91.2 Å². The van der Waals surface area contributed by atoms with Gasteiger partial charge < -0.3 is 28.4 Å². The maximum absolute atomic E-state index is 6.57. The van der Waals surface area contributed by atoms with Crippen molar-refractivity contribution in [3.63, 3.8) is 0 Å². The van der Waals surface area contributed by atoms with Gasteiger partial charge in [0.15, 0.2) is 0 Å². The Morgan fingerprint density at radius 3 is 1.07 bits per heavy atom. The van der Waals surface area contributed by atoms with E-state index in [9.17, 15) is 0 Å². The van der Waals surface area contributed by atoms with E-state index >= 15 is 0 Å². The van der Waals surface area contributed by atoms with E-state index in [1.54, 1.807) is 45.3 Å². The fourth-order valence-corrected chi connectivity index (χ4v) is 16.8. The largest absolute Gasteiger partial charge is 0.493 e. The SMILES string of the molecule is CCCCCCCCOc1ccsc1-c1sc(/C=C/c2ccc(C#Cc3ccc4c5c(ccc4c3)OCCCOc3ccc4cc(C#Cc6ccc(/C=C/c7cc(OCCCCCCCC)c(-c8sccc8OCCCCCCCC)s7)cc6)ccc4c3-5)cc2)cc1OCCCCCCCC. The summed E-state index contributed by atoms with van der Waals surface area (Å²) in [5.74, 6) is 19.4. The smallest absolute Gasteiger partial charge is 0.139 e. The first-order valence-corrected chi connectivity index (χ1v) is 41.3. The molecule has 0 amide bonds. The topological polar surface area (TPSA) is 55.4 Å². The number of thiophene rings is 4. The van der Waals surface area contributed by atoms with Crippen molar-refractivity contribution < 1.29 is 28.4 Å². The highest BCUT2D eigenvalue weighted by Crippen LogP contribution is 2.50. The van der Waals surface area contributed by atoms with E-state index in [0.717, 1.165) is 188 Å². The number of fused-ring (bicyclic) bond motifs is 7. The van der Waals surface area contributed by atoms with Crippen LogP contribution in [0.25, 0.3) is 76.5 Å². The van der Waals surface area contributed by atoms with Gasteiger partial charge in [0.25, 0.3) is 0 Å². The summed E-state index contributed by atoms with van der Waals surface area (Å²) in [5.41, 5.74) is 8.08. The van der Waals surface area contributed by atoms with Gasteiger partial charge in [-0.3, -0.25) is 0 Å². The average molecular weight is 1420 g/mol. The van der Waals surface area contributed by atoms with Crippen molar-refractivity contribution in [2.24, 2.45) is 0 Å². The first kappa shape index (κ1) is 74.2. The van der Waals surface area contributed by atoms with Crippen LogP contribution in [0.5, 0.6) is 34.5 Å². The molecule has 0 fully saturated rings. The normalized spacial score (nSPS) is 12.1. The minimum atomic E-state index is 0.562. The molecule has 0 spiro atoms. The highest BCUT2D eigenvalue weighted by Gasteiger charge is 2.23. The number of ether oxygens (including phenoxy) is 6. The molecule has 11 rings (SSSR count). The van der Waals surface area contributed by atoms with Crippen LogP contribution in [-0.4, -0.2) is 39.6 Å². The third-order valence-corrected chi connectivity index (χ3v) is 22.8. The predicted octanol–water partition coefficient (Wildman–Crippen LogP) is 27.5. The van der Waals surface area contributed by atoms with Gasteiger partial charge in [-0.15, -0.1) is 45.3 Å². The fraction of sp³-hybridized carbons (Fsp3) is 0.385. The van der Waals surface area contributed by atoms with Crippen LogP contribution in [0.3, 0.4) is 0 Å². The molecule has 526 valence electrons.